The van der Waals surface area contributed by atoms with Gasteiger partial charge < -0.3 is 14.8 Å². The van der Waals surface area contributed by atoms with Crippen LogP contribution in [0.4, 0.5) is 0 Å². The lowest BCUT2D eigenvalue weighted by molar-refractivity contribution is 0.387. The number of benzene rings is 1. The van der Waals surface area contributed by atoms with Crippen LogP contribution in [0.1, 0.15) is 26.7 Å². The minimum Gasteiger partial charge on any atom is -0.321 e. The molecule has 0 saturated carbocycles. The van der Waals surface area contributed by atoms with Crippen molar-refractivity contribution in [1.82, 2.24) is 9.29 Å². The van der Waals surface area contributed by atoms with E-state index in [9.17, 15) is 27.6 Å². The maximum atomic E-state index is 12.9. The van der Waals surface area contributed by atoms with E-state index in [0.29, 0.717) is 25.9 Å². The number of pyridine rings is 1. The highest BCUT2D eigenvalue weighted by atomic mass is 35.5. The molecule has 0 amide bonds. The van der Waals surface area contributed by atoms with Gasteiger partial charge in [-0.15, -0.1) is 0 Å². The molecule has 0 bridgehead atoms. The molecule has 0 aliphatic carbocycles. The Morgan fingerprint density at radius 1 is 1.15 bits per heavy atom. The molecule has 0 aliphatic rings. The Bertz CT molecular complexity index is 1020. The highest BCUT2D eigenvalue weighted by Crippen LogP contribution is 2.33. The van der Waals surface area contributed by atoms with Gasteiger partial charge in [-0.3, -0.25) is 9.36 Å². The van der Waals surface area contributed by atoms with Crippen molar-refractivity contribution >= 4 is 45.4 Å². The molecule has 0 unspecified atom stereocenters. The van der Waals surface area contributed by atoms with Crippen molar-refractivity contribution in [2.75, 3.05) is 13.1 Å². The number of hydrogen-bond acceptors (Lipinski definition) is 4. The van der Waals surface area contributed by atoms with E-state index in [4.69, 9.17) is 11.6 Å². The molecular formula is C15H20ClN2O6PS. The summed E-state index contributed by atoms with van der Waals surface area (Å²) in [6.45, 7) is 4.39. The quantitative estimate of drug-likeness (QED) is 0.584. The zero-order valence-electron chi connectivity index (χ0n) is 14.3. The van der Waals surface area contributed by atoms with E-state index >= 15 is 0 Å². The maximum absolute atomic E-state index is 12.9. The van der Waals surface area contributed by atoms with E-state index in [0.717, 1.165) is 6.07 Å². The third-order valence-corrected chi connectivity index (χ3v) is 7.08. The molecule has 1 aromatic carbocycles. The van der Waals surface area contributed by atoms with Gasteiger partial charge in [0.1, 0.15) is 10.2 Å². The summed E-state index contributed by atoms with van der Waals surface area (Å²) in [5.74, 6) is 0. The fourth-order valence-corrected chi connectivity index (χ4v) is 5.39. The van der Waals surface area contributed by atoms with Gasteiger partial charge in [0.25, 0.3) is 5.56 Å². The summed E-state index contributed by atoms with van der Waals surface area (Å²) in [5, 5.41) is -0.557. The molecule has 1 aromatic heterocycles. The summed E-state index contributed by atoms with van der Waals surface area (Å²) in [6, 6.07) is 3.51. The topological polar surface area (TPSA) is 128 Å². The maximum Gasteiger partial charge on any atom is 0.361 e. The molecule has 3 N–H and O–H groups in total. The number of sulfonamides is 1. The normalized spacial score (nSPS) is 12.8. The van der Waals surface area contributed by atoms with Crippen LogP contribution in [0.2, 0.25) is 5.02 Å². The molecule has 11 heteroatoms. The number of aromatic nitrogens is 1. The zero-order chi connectivity index (χ0) is 19.7. The number of fused-ring (bicyclic) bond motifs is 1. The molecule has 2 rings (SSSR count). The number of hydrogen-bond donors (Lipinski definition) is 3. The van der Waals surface area contributed by atoms with Crippen LogP contribution in [0.3, 0.4) is 0 Å². The van der Waals surface area contributed by atoms with Crippen molar-refractivity contribution in [2.24, 2.45) is 0 Å². The van der Waals surface area contributed by atoms with Crippen molar-refractivity contribution in [3.05, 3.63) is 33.6 Å². The van der Waals surface area contributed by atoms with Gasteiger partial charge in [0, 0.05) is 24.0 Å². The Kier molecular flexibility index (Phi) is 6.32. The first-order valence-corrected chi connectivity index (χ1v) is 11.4. The third-order valence-electron chi connectivity index (χ3n) is 3.75. The molecule has 0 fully saturated rings. The third kappa shape index (κ3) is 4.19. The van der Waals surface area contributed by atoms with E-state index in [1.165, 1.54) is 16.4 Å². The Morgan fingerprint density at radius 3 is 2.23 bits per heavy atom. The van der Waals surface area contributed by atoms with Gasteiger partial charge in [0.2, 0.25) is 10.0 Å². The number of halogens is 1. The van der Waals surface area contributed by atoms with Crippen LogP contribution in [-0.2, 0) is 14.6 Å². The second kappa shape index (κ2) is 7.80. The molecule has 0 aliphatic heterocycles. The van der Waals surface area contributed by atoms with Gasteiger partial charge in [-0.2, -0.15) is 4.31 Å². The SMILES string of the molecule is CCCN(CCC)S(=O)(=O)c1cc2[nH]c(=O)c(P(=O)(O)O)cc2cc1Cl. The van der Waals surface area contributed by atoms with E-state index < -0.39 is 28.5 Å². The monoisotopic (exact) mass is 422 g/mol. The van der Waals surface area contributed by atoms with Gasteiger partial charge >= 0.3 is 7.60 Å². The summed E-state index contributed by atoms with van der Waals surface area (Å²) in [4.78, 5) is 32.5. The number of rotatable bonds is 7. The molecule has 1 heterocycles. The minimum absolute atomic E-state index is 0.0848. The van der Waals surface area contributed by atoms with Crippen molar-refractivity contribution in [3.8, 4) is 0 Å². The Hall–Kier alpha value is -1.22. The Labute approximate surface area is 156 Å². The molecule has 144 valence electrons. The zero-order valence-corrected chi connectivity index (χ0v) is 16.7. The van der Waals surface area contributed by atoms with Crippen LogP contribution >= 0.6 is 19.2 Å². The van der Waals surface area contributed by atoms with Gasteiger partial charge in [-0.1, -0.05) is 25.4 Å². The van der Waals surface area contributed by atoms with Crippen LogP contribution in [0, 0.1) is 0 Å². The number of aromatic amines is 1. The van der Waals surface area contributed by atoms with Crippen LogP contribution in [0.15, 0.2) is 27.9 Å². The standard InChI is InChI=1S/C15H20ClN2O6PS/c1-3-5-18(6-4-2)26(23,24)14-9-12-10(7-11(14)16)8-13(15(19)17-12)25(20,21)22/h7-9H,3-6H2,1-2H3,(H,17,19)(H2,20,21,22). The molecule has 8 nitrogen and oxygen atoms in total. The summed E-state index contributed by atoms with van der Waals surface area (Å²) in [7, 11) is -8.64. The number of nitrogens with zero attached hydrogens (tertiary/aromatic N) is 1. The van der Waals surface area contributed by atoms with Crippen molar-refractivity contribution in [2.45, 2.75) is 31.6 Å². The second-order valence-electron chi connectivity index (χ2n) is 5.80. The van der Waals surface area contributed by atoms with E-state index in [-0.39, 0.29) is 20.8 Å². The minimum atomic E-state index is -4.77. The van der Waals surface area contributed by atoms with E-state index in [1.54, 1.807) is 0 Å². The summed E-state index contributed by atoms with van der Waals surface area (Å²) >= 11 is 6.15. The predicted molar refractivity (Wildman–Crippen MR) is 101 cm³/mol. The second-order valence-corrected chi connectivity index (χ2v) is 9.69. The Morgan fingerprint density at radius 2 is 1.73 bits per heavy atom. The van der Waals surface area contributed by atoms with Crippen LogP contribution in [0.25, 0.3) is 10.9 Å². The number of nitrogens with one attached hydrogen (secondary N) is 1. The molecule has 0 saturated heterocycles. The number of H-pyrrole nitrogens is 1. The van der Waals surface area contributed by atoms with Crippen molar-refractivity contribution in [1.29, 1.82) is 0 Å². The smallest absolute Gasteiger partial charge is 0.321 e. The lowest BCUT2D eigenvalue weighted by atomic mass is 10.2. The molecule has 2 aromatic rings. The van der Waals surface area contributed by atoms with E-state index in [1.807, 2.05) is 13.8 Å². The van der Waals surface area contributed by atoms with Gasteiger partial charge in [-0.25, -0.2) is 8.42 Å². The molecule has 0 spiro atoms. The summed E-state index contributed by atoms with van der Waals surface area (Å²) < 4.78 is 38.5. The largest absolute Gasteiger partial charge is 0.361 e. The molecule has 26 heavy (non-hydrogen) atoms. The highest BCUT2D eigenvalue weighted by Gasteiger charge is 2.27. The van der Waals surface area contributed by atoms with Gasteiger partial charge in [-0.05, 0) is 31.0 Å². The van der Waals surface area contributed by atoms with Crippen molar-refractivity contribution < 1.29 is 22.8 Å². The first-order chi connectivity index (χ1) is 12.0. The molecular weight excluding hydrogens is 403 g/mol. The van der Waals surface area contributed by atoms with Crippen LogP contribution in [-0.4, -0.2) is 40.6 Å². The van der Waals surface area contributed by atoms with Gasteiger partial charge in [0.05, 0.1) is 5.02 Å². The summed E-state index contributed by atoms with van der Waals surface area (Å²) in [5.41, 5.74) is -0.849. The van der Waals surface area contributed by atoms with Crippen molar-refractivity contribution in [3.63, 3.8) is 0 Å². The average Bonchev–Trinajstić information content (AvgIpc) is 2.52. The van der Waals surface area contributed by atoms with Gasteiger partial charge in [0.15, 0.2) is 0 Å². The first-order valence-electron chi connectivity index (χ1n) is 7.95. The van der Waals surface area contributed by atoms with E-state index in [2.05, 4.69) is 4.98 Å². The average molecular weight is 423 g/mol. The predicted octanol–water partition coefficient (Wildman–Crippen LogP) is 1.80. The Balaban J connectivity index is 2.68. The molecule has 0 atom stereocenters. The fourth-order valence-electron chi connectivity index (χ4n) is 2.60. The highest BCUT2D eigenvalue weighted by molar-refractivity contribution is 7.89. The fraction of sp³-hybridized carbons (Fsp3) is 0.400. The van der Waals surface area contributed by atoms with Crippen LogP contribution in [0.5, 0.6) is 0 Å². The van der Waals surface area contributed by atoms with Crippen LogP contribution < -0.4 is 10.9 Å². The first kappa shape index (κ1) is 21.1. The lowest BCUT2D eigenvalue weighted by Crippen LogP contribution is -2.33. The molecule has 0 radical (unpaired) electrons. The lowest BCUT2D eigenvalue weighted by Gasteiger charge is -2.22. The summed E-state index contributed by atoms with van der Waals surface area (Å²) in [6.07, 6.45) is 1.26.